The Balaban J connectivity index is 1.77. The second-order valence-electron chi connectivity index (χ2n) is 7.89. The average Bonchev–Trinajstić information content (AvgIpc) is 3.13. The molecule has 0 spiro atoms. The van der Waals surface area contributed by atoms with Crippen LogP contribution in [0.5, 0.6) is 0 Å². The van der Waals surface area contributed by atoms with Crippen molar-refractivity contribution < 1.29 is 13.2 Å². The van der Waals surface area contributed by atoms with Gasteiger partial charge in [-0.25, -0.2) is 8.42 Å². The van der Waals surface area contributed by atoms with Gasteiger partial charge in [0.25, 0.3) is 0 Å². The molecule has 1 aromatic carbocycles. The molecule has 6 nitrogen and oxygen atoms in total. The number of piperidine rings is 1. The van der Waals surface area contributed by atoms with E-state index >= 15 is 0 Å². The number of amides is 1. The SMILES string of the molecule is CCCC(=O)N=C1SC2CS(=O)(=O)CC2N1c1ccc(Cl)cc1N1CCCCC1. The van der Waals surface area contributed by atoms with Crippen LogP contribution in [0.25, 0.3) is 0 Å². The zero-order chi connectivity index (χ0) is 20.6. The number of rotatable bonds is 4. The number of halogens is 1. The third kappa shape index (κ3) is 4.44. The third-order valence-corrected chi connectivity index (χ3v) is 9.09. The Kier molecular flexibility index (Phi) is 6.14. The van der Waals surface area contributed by atoms with Crippen LogP contribution in [-0.2, 0) is 14.6 Å². The Bertz CT molecular complexity index is 929. The molecule has 0 N–H and O–H groups in total. The molecule has 0 aliphatic carbocycles. The van der Waals surface area contributed by atoms with Crippen molar-refractivity contribution in [3.8, 4) is 0 Å². The number of fused-ring (bicyclic) bond motifs is 1. The van der Waals surface area contributed by atoms with E-state index in [-0.39, 0.29) is 28.7 Å². The maximum absolute atomic E-state index is 12.3. The third-order valence-electron chi connectivity index (χ3n) is 5.64. The normalized spacial score (nSPS) is 27.4. The van der Waals surface area contributed by atoms with E-state index in [1.54, 1.807) is 0 Å². The molecular formula is C20H26ClN3O3S2. The lowest BCUT2D eigenvalue weighted by molar-refractivity contribution is -0.117. The van der Waals surface area contributed by atoms with Crippen molar-refractivity contribution in [1.29, 1.82) is 0 Å². The van der Waals surface area contributed by atoms with Crippen LogP contribution >= 0.6 is 23.4 Å². The van der Waals surface area contributed by atoms with E-state index in [2.05, 4.69) is 9.89 Å². The number of aliphatic imine (C=N–C) groups is 1. The molecule has 0 saturated carbocycles. The fourth-order valence-corrected chi connectivity index (χ4v) is 8.40. The second kappa shape index (κ2) is 8.47. The molecule has 3 aliphatic rings. The van der Waals surface area contributed by atoms with Crippen molar-refractivity contribution in [3.63, 3.8) is 0 Å². The first-order valence-corrected chi connectivity index (χ1v) is 13.3. The summed E-state index contributed by atoms with van der Waals surface area (Å²) < 4.78 is 24.6. The number of thioether (sulfide) groups is 1. The number of amidine groups is 1. The first-order chi connectivity index (χ1) is 13.9. The molecule has 158 valence electrons. The molecule has 29 heavy (non-hydrogen) atoms. The van der Waals surface area contributed by atoms with Gasteiger partial charge < -0.3 is 9.80 Å². The lowest BCUT2D eigenvalue weighted by atomic mass is 10.1. The van der Waals surface area contributed by atoms with Gasteiger partial charge in [0.2, 0.25) is 5.91 Å². The molecule has 2 unspecified atom stereocenters. The van der Waals surface area contributed by atoms with Crippen molar-refractivity contribution in [1.82, 2.24) is 0 Å². The smallest absolute Gasteiger partial charge is 0.248 e. The van der Waals surface area contributed by atoms with E-state index in [1.807, 2.05) is 30.0 Å². The molecule has 3 saturated heterocycles. The average molecular weight is 456 g/mol. The number of hydrogen-bond acceptors (Lipinski definition) is 5. The molecule has 1 aromatic rings. The van der Waals surface area contributed by atoms with Crippen molar-refractivity contribution in [2.24, 2.45) is 4.99 Å². The van der Waals surface area contributed by atoms with Crippen LogP contribution in [0.4, 0.5) is 11.4 Å². The first-order valence-electron chi connectivity index (χ1n) is 10.2. The monoisotopic (exact) mass is 455 g/mol. The number of carbonyl (C=O) groups excluding carboxylic acids is 1. The minimum absolute atomic E-state index is 0.0910. The zero-order valence-corrected chi connectivity index (χ0v) is 18.9. The highest BCUT2D eigenvalue weighted by Gasteiger charge is 2.50. The summed E-state index contributed by atoms with van der Waals surface area (Å²) in [6, 6.07) is 5.52. The second-order valence-corrected chi connectivity index (χ2v) is 11.7. The number of anilines is 2. The van der Waals surface area contributed by atoms with Crippen LogP contribution < -0.4 is 9.80 Å². The van der Waals surface area contributed by atoms with E-state index in [9.17, 15) is 13.2 Å². The Morgan fingerprint density at radius 2 is 1.97 bits per heavy atom. The number of sulfone groups is 1. The maximum Gasteiger partial charge on any atom is 0.248 e. The molecule has 1 amide bonds. The van der Waals surface area contributed by atoms with E-state index in [4.69, 9.17) is 11.6 Å². The van der Waals surface area contributed by atoms with Crippen LogP contribution in [0, 0.1) is 0 Å². The summed E-state index contributed by atoms with van der Waals surface area (Å²) in [5, 5.41) is 1.17. The number of carbonyl (C=O) groups is 1. The summed E-state index contributed by atoms with van der Waals surface area (Å²) in [5.41, 5.74) is 1.90. The van der Waals surface area contributed by atoms with Gasteiger partial charge in [-0.15, -0.1) is 0 Å². The molecule has 0 bridgehead atoms. The summed E-state index contributed by atoms with van der Waals surface area (Å²) in [6.45, 7) is 3.84. The minimum Gasteiger partial charge on any atom is -0.370 e. The van der Waals surface area contributed by atoms with Gasteiger partial charge in [-0.1, -0.05) is 30.3 Å². The molecular weight excluding hydrogens is 430 g/mol. The van der Waals surface area contributed by atoms with Crippen LogP contribution in [0.1, 0.15) is 39.0 Å². The van der Waals surface area contributed by atoms with Crippen LogP contribution in [-0.4, -0.2) is 55.4 Å². The summed E-state index contributed by atoms with van der Waals surface area (Å²) in [5.74, 6) is 0.0662. The summed E-state index contributed by atoms with van der Waals surface area (Å²) in [7, 11) is -3.10. The Hall–Kier alpha value is -1.25. The quantitative estimate of drug-likeness (QED) is 0.688. The van der Waals surface area contributed by atoms with Gasteiger partial charge in [-0.05, 0) is 43.9 Å². The van der Waals surface area contributed by atoms with Crippen molar-refractivity contribution in [2.75, 3.05) is 34.4 Å². The largest absolute Gasteiger partial charge is 0.370 e. The fourth-order valence-electron chi connectivity index (χ4n) is 4.31. The van der Waals surface area contributed by atoms with E-state index in [0.29, 0.717) is 16.6 Å². The highest BCUT2D eigenvalue weighted by Crippen LogP contribution is 2.45. The van der Waals surface area contributed by atoms with Crippen molar-refractivity contribution >= 4 is 55.6 Å². The molecule has 9 heteroatoms. The molecule has 3 fully saturated rings. The Morgan fingerprint density at radius 3 is 2.69 bits per heavy atom. The number of nitrogens with zero attached hydrogens (tertiary/aromatic N) is 3. The van der Waals surface area contributed by atoms with Gasteiger partial charge in [0.05, 0.1) is 28.9 Å². The molecule has 2 atom stereocenters. The van der Waals surface area contributed by atoms with Gasteiger partial charge in [0.1, 0.15) is 0 Å². The minimum atomic E-state index is -3.10. The predicted octanol–water partition coefficient (Wildman–Crippen LogP) is 3.73. The standard InChI is InChI=1S/C20H26ClN3O3S2/c1-2-6-19(25)22-20-24(17-12-29(26,27)13-18(17)28-20)15-8-7-14(21)11-16(15)23-9-4-3-5-10-23/h7-8,11,17-18H,2-6,9-10,12-13H2,1H3. The predicted molar refractivity (Wildman–Crippen MR) is 121 cm³/mol. The number of hydrogen-bond donors (Lipinski definition) is 0. The van der Waals surface area contributed by atoms with Gasteiger partial charge in [0.15, 0.2) is 15.0 Å². The highest BCUT2D eigenvalue weighted by atomic mass is 35.5. The first kappa shape index (κ1) is 21.0. The van der Waals surface area contributed by atoms with Crippen molar-refractivity contribution in [3.05, 3.63) is 23.2 Å². The Morgan fingerprint density at radius 1 is 1.21 bits per heavy atom. The van der Waals surface area contributed by atoms with Gasteiger partial charge >= 0.3 is 0 Å². The zero-order valence-electron chi connectivity index (χ0n) is 16.5. The van der Waals surface area contributed by atoms with E-state index in [0.717, 1.165) is 43.7 Å². The van der Waals surface area contributed by atoms with E-state index in [1.165, 1.54) is 18.2 Å². The Labute approximate surface area is 181 Å². The molecule has 0 radical (unpaired) electrons. The maximum atomic E-state index is 12.3. The highest BCUT2D eigenvalue weighted by molar-refractivity contribution is 8.16. The molecule has 4 rings (SSSR count). The van der Waals surface area contributed by atoms with Crippen LogP contribution in [0.2, 0.25) is 5.02 Å². The topological polar surface area (TPSA) is 70.0 Å². The fraction of sp³-hybridized carbons (Fsp3) is 0.600. The molecule has 3 heterocycles. The summed E-state index contributed by atoms with van der Waals surface area (Å²) in [6.07, 6.45) is 4.59. The molecule has 0 aromatic heterocycles. The van der Waals surface area contributed by atoms with Gasteiger partial charge in [-0.2, -0.15) is 4.99 Å². The van der Waals surface area contributed by atoms with Gasteiger partial charge in [0, 0.05) is 29.8 Å². The lowest BCUT2D eigenvalue weighted by Gasteiger charge is -2.34. The van der Waals surface area contributed by atoms with Crippen molar-refractivity contribution in [2.45, 2.75) is 50.3 Å². The van der Waals surface area contributed by atoms with Gasteiger partial charge in [-0.3, -0.25) is 4.79 Å². The summed E-state index contributed by atoms with van der Waals surface area (Å²) >= 11 is 7.76. The lowest BCUT2D eigenvalue weighted by Crippen LogP contribution is -2.39. The van der Waals surface area contributed by atoms with Crippen LogP contribution in [0.3, 0.4) is 0 Å². The van der Waals surface area contributed by atoms with Crippen LogP contribution in [0.15, 0.2) is 23.2 Å². The van der Waals surface area contributed by atoms with E-state index < -0.39 is 9.84 Å². The molecule has 3 aliphatic heterocycles. The summed E-state index contributed by atoms with van der Waals surface area (Å²) in [4.78, 5) is 21.0. The number of benzene rings is 1.